The molecule has 0 saturated heterocycles. The molecular weight excluding hydrogens is 284 g/mol. The molecule has 0 heterocycles. The van der Waals surface area contributed by atoms with Crippen LogP contribution in [0.5, 0.6) is 11.5 Å². The van der Waals surface area contributed by atoms with Gasteiger partial charge in [-0.1, -0.05) is 0 Å². The van der Waals surface area contributed by atoms with Crippen LogP contribution in [0.4, 0.5) is 5.69 Å². The standard InChI is InChI=1S/C16H24N2O4/c1-5-18(6-2)16(20)15(19)17-12-9-10-13(21-7-3)14(11-12)22-8-4/h9-11H,5-8H2,1-4H3,(H,17,19). The van der Waals surface area contributed by atoms with Crippen molar-refractivity contribution in [2.45, 2.75) is 27.7 Å². The second kappa shape index (κ2) is 8.92. The molecule has 22 heavy (non-hydrogen) atoms. The minimum absolute atomic E-state index is 0.482. The summed E-state index contributed by atoms with van der Waals surface area (Å²) in [7, 11) is 0. The van der Waals surface area contributed by atoms with E-state index in [4.69, 9.17) is 9.47 Å². The highest BCUT2D eigenvalue weighted by Crippen LogP contribution is 2.30. The monoisotopic (exact) mass is 308 g/mol. The predicted molar refractivity (Wildman–Crippen MR) is 85.3 cm³/mol. The van der Waals surface area contributed by atoms with Crippen LogP contribution in [-0.4, -0.2) is 43.0 Å². The number of nitrogens with zero attached hydrogens (tertiary/aromatic N) is 1. The third-order valence-corrected chi connectivity index (χ3v) is 3.05. The fourth-order valence-corrected chi connectivity index (χ4v) is 1.97. The Balaban J connectivity index is 2.86. The van der Waals surface area contributed by atoms with Gasteiger partial charge in [0, 0.05) is 24.8 Å². The van der Waals surface area contributed by atoms with E-state index in [9.17, 15) is 9.59 Å². The molecule has 1 aromatic carbocycles. The Morgan fingerprint density at radius 2 is 1.59 bits per heavy atom. The van der Waals surface area contributed by atoms with Gasteiger partial charge in [-0.2, -0.15) is 0 Å². The molecule has 0 atom stereocenters. The number of carbonyl (C=O) groups is 2. The molecule has 122 valence electrons. The van der Waals surface area contributed by atoms with E-state index >= 15 is 0 Å². The van der Waals surface area contributed by atoms with Crippen LogP contribution in [0, 0.1) is 0 Å². The van der Waals surface area contributed by atoms with Gasteiger partial charge in [0.05, 0.1) is 13.2 Å². The number of hydrogen-bond donors (Lipinski definition) is 1. The van der Waals surface area contributed by atoms with Crippen LogP contribution < -0.4 is 14.8 Å². The van der Waals surface area contributed by atoms with E-state index in [0.29, 0.717) is 43.5 Å². The van der Waals surface area contributed by atoms with Crippen LogP contribution >= 0.6 is 0 Å². The van der Waals surface area contributed by atoms with Crippen molar-refractivity contribution < 1.29 is 19.1 Å². The fourth-order valence-electron chi connectivity index (χ4n) is 1.97. The Labute approximate surface area is 131 Å². The third kappa shape index (κ3) is 4.65. The maximum atomic E-state index is 12.0. The highest BCUT2D eigenvalue weighted by molar-refractivity contribution is 6.39. The molecular formula is C16H24N2O4. The number of ether oxygens (including phenoxy) is 2. The highest BCUT2D eigenvalue weighted by atomic mass is 16.5. The van der Waals surface area contributed by atoms with Crippen molar-refractivity contribution in [1.82, 2.24) is 4.90 Å². The van der Waals surface area contributed by atoms with Crippen LogP contribution in [0.1, 0.15) is 27.7 Å². The lowest BCUT2D eigenvalue weighted by Crippen LogP contribution is -2.39. The van der Waals surface area contributed by atoms with Crippen molar-refractivity contribution >= 4 is 17.5 Å². The first kappa shape index (κ1) is 17.8. The molecule has 1 rings (SSSR count). The van der Waals surface area contributed by atoms with Crippen LogP contribution in [0.15, 0.2) is 18.2 Å². The molecule has 2 amide bonds. The average molecular weight is 308 g/mol. The molecule has 1 aromatic rings. The molecule has 0 aliphatic carbocycles. The molecule has 0 aromatic heterocycles. The minimum Gasteiger partial charge on any atom is -0.490 e. The number of amides is 2. The smallest absolute Gasteiger partial charge is 0.313 e. The van der Waals surface area contributed by atoms with Gasteiger partial charge in [0.15, 0.2) is 11.5 Å². The first-order chi connectivity index (χ1) is 10.6. The molecule has 0 aliphatic rings. The largest absolute Gasteiger partial charge is 0.490 e. The Hall–Kier alpha value is -2.24. The Morgan fingerprint density at radius 3 is 2.14 bits per heavy atom. The zero-order chi connectivity index (χ0) is 16.5. The molecule has 6 heteroatoms. The molecule has 6 nitrogen and oxygen atoms in total. The van der Waals surface area contributed by atoms with Crippen LogP contribution in [0.25, 0.3) is 0 Å². The van der Waals surface area contributed by atoms with Crippen molar-refractivity contribution in [3.63, 3.8) is 0 Å². The third-order valence-electron chi connectivity index (χ3n) is 3.05. The predicted octanol–water partition coefficient (Wildman–Crippen LogP) is 2.29. The number of carbonyl (C=O) groups excluding carboxylic acids is 2. The van der Waals surface area contributed by atoms with Gasteiger partial charge < -0.3 is 19.7 Å². The first-order valence-electron chi connectivity index (χ1n) is 7.57. The van der Waals surface area contributed by atoms with E-state index in [2.05, 4.69) is 5.32 Å². The number of nitrogens with one attached hydrogen (secondary N) is 1. The summed E-state index contributed by atoms with van der Waals surface area (Å²) >= 11 is 0. The fraction of sp³-hybridized carbons (Fsp3) is 0.500. The van der Waals surface area contributed by atoms with Crippen molar-refractivity contribution in [3.8, 4) is 11.5 Å². The van der Waals surface area contributed by atoms with Crippen molar-refractivity contribution in [1.29, 1.82) is 0 Å². The topological polar surface area (TPSA) is 67.9 Å². The van der Waals surface area contributed by atoms with Crippen LogP contribution in [0.3, 0.4) is 0 Å². The van der Waals surface area contributed by atoms with Crippen molar-refractivity contribution in [2.75, 3.05) is 31.6 Å². The normalized spacial score (nSPS) is 10.0. The number of anilines is 1. The van der Waals surface area contributed by atoms with E-state index in [1.165, 1.54) is 4.90 Å². The molecule has 0 saturated carbocycles. The second-order valence-electron chi connectivity index (χ2n) is 4.46. The van der Waals surface area contributed by atoms with Crippen LogP contribution in [-0.2, 0) is 9.59 Å². The molecule has 0 fully saturated rings. The van der Waals surface area contributed by atoms with E-state index in [1.54, 1.807) is 18.2 Å². The van der Waals surface area contributed by atoms with E-state index in [1.807, 2.05) is 27.7 Å². The van der Waals surface area contributed by atoms with Gasteiger partial charge in [-0.25, -0.2) is 0 Å². The van der Waals surface area contributed by atoms with Crippen LogP contribution in [0.2, 0.25) is 0 Å². The zero-order valence-corrected chi connectivity index (χ0v) is 13.6. The minimum atomic E-state index is -0.657. The Morgan fingerprint density at radius 1 is 1.00 bits per heavy atom. The second-order valence-corrected chi connectivity index (χ2v) is 4.46. The summed E-state index contributed by atoms with van der Waals surface area (Å²) in [6.45, 7) is 9.41. The molecule has 1 N–H and O–H groups in total. The number of likely N-dealkylation sites (N-methyl/N-ethyl adjacent to an activating group) is 1. The number of hydrogen-bond acceptors (Lipinski definition) is 4. The Bertz CT molecular complexity index is 513. The van der Waals surface area contributed by atoms with Gasteiger partial charge in [-0.3, -0.25) is 9.59 Å². The van der Waals surface area contributed by atoms with Gasteiger partial charge in [0.1, 0.15) is 0 Å². The lowest BCUT2D eigenvalue weighted by molar-refractivity contribution is -0.142. The maximum Gasteiger partial charge on any atom is 0.313 e. The van der Waals surface area contributed by atoms with Gasteiger partial charge >= 0.3 is 11.8 Å². The van der Waals surface area contributed by atoms with Gasteiger partial charge in [-0.05, 0) is 39.8 Å². The summed E-state index contributed by atoms with van der Waals surface area (Å²) in [5.41, 5.74) is 0.498. The van der Waals surface area contributed by atoms with Gasteiger partial charge in [0.2, 0.25) is 0 Å². The number of rotatable bonds is 7. The highest BCUT2D eigenvalue weighted by Gasteiger charge is 2.19. The number of benzene rings is 1. The molecule has 0 aliphatic heterocycles. The maximum absolute atomic E-state index is 12.0. The lowest BCUT2D eigenvalue weighted by Gasteiger charge is -2.18. The summed E-state index contributed by atoms with van der Waals surface area (Å²) in [6.07, 6.45) is 0. The molecule has 0 bridgehead atoms. The first-order valence-corrected chi connectivity index (χ1v) is 7.57. The van der Waals surface area contributed by atoms with E-state index in [-0.39, 0.29) is 0 Å². The van der Waals surface area contributed by atoms with E-state index in [0.717, 1.165) is 0 Å². The van der Waals surface area contributed by atoms with Crippen molar-refractivity contribution in [3.05, 3.63) is 18.2 Å². The molecule has 0 unspecified atom stereocenters. The summed E-state index contributed by atoms with van der Waals surface area (Å²) in [6, 6.07) is 5.05. The SMILES string of the molecule is CCOc1ccc(NC(=O)C(=O)N(CC)CC)cc1OCC. The van der Waals surface area contributed by atoms with Gasteiger partial charge in [0.25, 0.3) is 0 Å². The summed E-state index contributed by atoms with van der Waals surface area (Å²) in [5, 5.41) is 2.59. The molecule has 0 spiro atoms. The Kier molecular flexibility index (Phi) is 7.22. The lowest BCUT2D eigenvalue weighted by atomic mass is 10.2. The van der Waals surface area contributed by atoms with Crippen molar-refractivity contribution in [2.24, 2.45) is 0 Å². The van der Waals surface area contributed by atoms with E-state index < -0.39 is 11.8 Å². The molecule has 0 radical (unpaired) electrons. The summed E-state index contributed by atoms with van der Waals surface area (Å²) < 4.78 is 10.9. The average Bonchev–Trinajstić information content (AvgIpc) is 2.51. The quantitative estimate of drug-likeness (QED) is 0.785. The summed E-state index contributed by atoms with van der Waals surface area (Å²) in [5.74, 6) is -0.0537. The zero-order valence-electron chi connectivity index (χ0n) is 13.6. The van der Waals surface area contributed by atoms with Gasteiger partial charge in [-0.15, -0.1) is 0 Å². The summed E-state index contributed by atoms with van der Waals surface area (Å²) in [4.78, 5) is 25.4.